The van der Waals surface area contributed by atoms with Crippen molar-refractivity contribution in [1.82, 2.24) is 9.78 Å². The van der Waals surface area contributed by atoms with Gasteiger partial charge in [0.1, 0.15) is 0 Å². The van der Waals surface area contributed by atoms with E-state index >= 15 is 0 Å². The summed E-state index contributed by atoms with van der Waals surface area (Å²) < 4.78 is 40.8. The highest BCUT2D eigenvalue weighted by atomic mass is 32.2. The van der Waals surface area contributed by atoms with Crippen molar-refractivity contribution in [1.29, 1.82) is 0 Å². The Balaban J connectivity index is 1.70. The number of carbonyl (C=O) groups excluding carboxylic acids is 1. The molecule has 0 bridgehead atoms. The van der Waals surface area contributed by atoms with E-state index in [4.69, 9.17) is 0 Å². The Morgan fingerprint density at radius 3 is 2.62 bits per heavy atom. The number of benzene rings is 2. The summed E-state index contributed by atoms with van der Waals surface area (Å²) in [6.45, 7) is 0. The van der Waals surface area contributed by atoms with Gasteiger partial charge in [0.15, 0.2) is 0 Å². The smallest absolute Gasteiger partial charge is 0.321 e. The van der Waals surface area contributed by atoms with Gasteiger partial charge in [-0.3, -0.25) is 4.79 Å². The maximum atomic E-state index is 13.1. The first-order chi connectivity index (χ1) is 13.9. The molecule has 4 rings (SSSR count). The van der Waals surface area contributed by atoms with E-state index in [1.54, 1.807) is 6.07 Å². The topological polar surface area (TPSA) is 46.9 Å². The largest absolute Gasteiger partial charge is 0.416 e. The van der Waals surface area contributed by atoms with Gasteiger partial charge in [0.2, 0.25) is 0 Å². The van der Waals surface area contributed by atoms with E-state index in [1.165, 1.54) is 28.7 Å². The van der Waals surface area contributed by atoms with Crippen LogP contribution in [-0.4, -0.2) is 21.9 Å². The maximum Gasteiger partial charge on any atom is 0.416 e. The highest BCUT2D eigenvalue weighted by Gasteiger charge is 2.34. The summed E-state index contributed by atoms with van der Waals surface area (Å²) in [6, 6.07) is 12.5. The predicted octanol–water partition coefficient (Wildman–Crippen LogP) is 5.74. The van der Waals surface area contributed by atoms with Gasteiger partial charge in [0, 0.05) is 10.8 Å². The molecule has 0 unspecified atom stereocenters. The zero-order valence-corrected chi connectivity index (χ0v) is 16.3. The fourth-order valence-corrected chi connectivity index (χ4v) is 3.79. The van der Waals surface area contributed by atoms with Crippen molar-refractivity contribution >= 4 is 23.4 Å². The standard InChI is InChI=1S/C21H18F3N3OS/c1-29-18-8-3-2-7-17(18)26-20(28)16-12-25-27(19(16)13-9-10-13)15-6-4-5-14(11-15)21(22,23)24/h2-8,11-13H,9-10H2,1H3,(H,26,28). The first-order valence-electron chi connectivity index (χ1n) is 9.08. The summed E-state index contributed by atoms with van der Waals surface area (Å²) in [5.74, 6) is -0.199. The van der Waals surface area contributed by atoms with Gasteiger partial charge in [-0.2, -0.15) is 18.3 Å². The van der Waals surface area contributed by atoms with Crippen LogP contribution in [0.3, 0.4) is 0 Å². The summed E-state index contributed by atoms with van der Waals surface area (Å²) in [5.41, 5.74) is 1.29. The number of hydrogen-bond donors (Lipinski definition) is 1. The molecule has 1 fully saturated rings. The first-order valence-corrected chi connectivity index (χ1v) is 10.3. The zero-order valence-electron chi connectivity index (χ0n) is 15.5. The second-order valence-electron chi connectivity index (χ2n) is 6.83. The third-order valence-corrected chi connectivity index (χ3v) is 5.58. The minimum Gasteiger partial charge on any atom is -0.321 e. The molecule has 0 saturated heterocycles. The number of alkyl halides is 3. The van der Waals surface area contributed by atoms with Crippen LogP contribution in [-0.2, 0) is 6.18 Å². The normalized spacial score (nSPS) is 14.1. The number of rotatable bonds is 5. The average Bonchev–Trinajstić information content (AvgIpc) is 3.45. The number of halogens is 3. The van der Waals surface area contributed by atoms with Gasteiger partial charge in [-0.25, -0.2) is 4.68 Å². The third-order valence-electron chi connectivity index (χ3n) is 4.79. The van der Waals surface area contributed by atoms with E-state index < -0.39 is 11.7 Å². The second-order valence-corrected chi connectivity index (χ2v) is 7.68. The molecule has 0 atom stereocenters. The number of amides is 1. The molecule has 150 valence electrons. The molecule has 1 aliphatic carbocycles. The summed E-state index contributed by atoms with van der Waals surface area (Å²) in [4.78, 5) is 13.9. The number of thioether (sulfide) groups is 1. The lowest BCUT2D eigenvalue weighted by atomic mass is 10.1. The van der Waals surface area contributed by atoms with Crippen molar-refractivity contribution in [2.75, 3.05) is 11.6 Å². The zero-order chi connectivity index (χ0) is 20.6. The van der Waals surface area contributed by atoms with Gasteiger partial charge < -0.3 is 5.32 Å². The summed E-state index contributed by atoms with van der Waals surface area (Å²) in [7, 11) is 0. The third kappa shape index (κ3) is 4.03. The fraction of sp³-hybridized carbons (Fsp3) is 0.238. The molecule has 1 aromatic heterocycles. The maximum absolute atomic E-state index is 13.1. The lowest BCUT2D eigenvalue weighted by Gasteiger charge is -2.13. The van der Waals surface area contributed by atoms with Crippen molar-refractivity contribution in [3.8, 4) is 5.69 Å². The molecule has 1 N–H and O–H groups in total. The highest BCUT2D eigenvalue weighted by molar-refractivity contribution is 7.98. The van der Waals surface area contributed by atoms with Gasteiger partial charge >= 0.3 is 6.18 Å². The lowest BCUT2D eigenvalue weighted by molar-refractivity contribution is -0.137. The van der Waals surface area contributed by atoms with Crippen LogP contribution in [0.15, 0.2) is 59.6 Å². The Labute approximate surface area is 170 Å². The summed E-state index contributed by atoms with van der Waals surface area (Å²) >= 11 is 1.52. The van der Waals surface area contributed by atoms with Gasteiger partial charge in [-0.15, -0.1) is 11.8 Å². The van der Waals surface area contributed by atoms with Gasteiger partial charge in [-0.05, 0) is 49.4 Å². The van der Waals surface area contributed by atoms with Gasteiger partial charge in [-0.1, -0.05) is 18.2 Å². The number of nitrogens with one attached hydrogen (secondary N) is 1. The molecule has 0 radical (unpaired) electrons. The number of anilines is 1. The minimum absolute atomic E-state index is 0.114. The van der Waals surface area contributed by atoms with Crippen LogP contribution < -0.4 is 5.32 Å². The molecule has 8 heteroatoms. The van der Waals surface area contributed by atoms with Crippen LogP contribution in [0.25, 0.3) is 5.69 Å². The molecule has 2 aromatic carbocycles. The van der Waals surface area contributed by atoms with Crippen LogP contribution in [0.4, 0.5) is 18.9 Å². The molecular formula is C21H18F3N3OS. The molecular weight excluding hydrogens is 399 g/mol. The van der Waals surface area contributed by atoms with Gasteiger partial charge in [0.05, 0.1) is 34.4 Å². The van der Waals surface area contributed by atoms with E-state index in [2.05, 4.69) is 10.4 Å². The van der Waals surface area contributed by atoms with Crippen molar-refractivity contribution in [3.05, 3.63) is 71.5 Å². The minimum atomic E-state index is -4.44. The van der Waals surface area contributed by atoms with Crippen LogP contribution in [0.5, 0.6) is 0 Å². The molecule has 1 heterocycles. The Kier molecular flexibility index (Phi) is 5.12. The van der Waals surface area contributed by atoms with Crippen LogP contribution in [0.1, 0.15) is 40.4 Å². The number of para-hydroxylation sites is 1. The molecule has 4 nitrogen and oxygen atoms in total. The van der Waals surface area contributed by atoms with Crippen molar-refractivity contribution in [2.45, 2.75) is 29.8 Å². The van der Waals surface area contributed by atoms with E-state index in [0.717, 1.165) is 29.9 Å². The van der Waals surface area contributed by atoms with Crippen molar-refractivity contribution < 1.29 is 18.0 Å². The Bertz CT molecular complexity index is 1060. The Hall–Kier alpha value is -2.74. The molecule has 29 heavy (non-hydrogen) atoms. The summed E-state index contributed by atoms with van der Waals surface area (Å²) in [5, 5.41) is 7.17. The Morgan fingerprint density at radius 2 is 1.93 bits per heavy atom. The van der Waals surface area contributed by atoms with Crippen molar-refractivity contribution in [3.63, 3.8) is 0 Å². The highest BCUT2D eigenvalue weighted by Crippen LogP contribution is 2.43. The first kappa shape index (κ1) is 19.6. The number of hydrogen-bond acceptors (Lipinski definition) is 3. The van der Waals surface area contributed by atoms with Crippen LogP contribution in [0, 0.1) is 0 Å². The molecule has 0 aliphatic heterocycles. The number of carbonyl (C=O) groups is 1. The quantitative estimate of drug-likeness (QED) is 0.538. The predicted molar refractivity (Wildman–Crippen MR) is 107 cm³/mol. The molecule has 3 aromatic rings. The average molecular weight is 417 g/mol. The summed E-state index contributed by atoms with van der Waals surface area (Å²) in [6.07, 6.45) is 0.681. The number of aromatic nitrogens is 2. The monoisotopic (exact) mass is 417 g/mol. The SMILES string of the molecule is CSc1ccccc1NC(=O)c1cnn(-c2cccc(C(F)(F)F)c2)c1C1CC1. The fourth-order valence-electron chi connectivity index (χ4n) is 3.24. The van der Waals surface area contributed by atoms with E-state index in [9.17, 15) is 18.0 Å². The van der Waals surface area contributed by atoms with Crippen LogP contribution >= 0.6 is 11.8 Å². The lowest BCUT2D eigenvalue weighted by Crippen LogP contribution is -2.15. The second kappa shape index (κ2) is 7.59. The van der Waals surface area contributed by atoms with E-state index in [1.807, 2.05) is 30.5 Å². The van der Waals surface area contributed by atoms with Crippen molar-refractivity contribution in [2.24, 2.45) is 0 Å². The molecule has 1 amide bonds. The number of nitrogens with zero attached hydrogens (tertiary/aromatic N) is 2. The molecule has 1 aliphatic rings. The van der Waals surface area contributed by atoms with E-state index in [0.29, 0.717) is 22.6 Å². The Morgan fingerprint density at radius 1 is 1.17 bits per heavy atom. The van der Waals surface area contributed by atoms with Crippen LogP contribution in [0.2, 0.25) is 0 Å². The van der Waals surface area contributed by atoms with Gasteiger partial charge in [0.25, 0.3) is 5.91 Å². The van der Waals surface area contributed by atoms with E-state index in [-0.39, 0.29) is 11.8 Å². The molecule has 0 spiro atoms. The molecule has 1 saturated carbocycles.